The van der Waals surface area contributed by atoms with E-state index < -0.39 is 0 Å². The van der Waals surface area contributed by atoms with Gasteiger partial charge < -0.3 is 5.32 Å². The van der Waals surface area contributed by atoms with E-state index in [-0.39, 0.29) is 11.7 Å². The van der Waals surface area contributed by atoms with E-state index >= 15 is 0 Å². The number of carbonyl (C=O) groups is 1. The van der Waals surface area contributed by atoms with Crippen molar-refractivity contribution in [2.75, 3.05) is 11.1 Å². The number of nitrogens with one attached hydrogen (secondary N) is 1. The summed E-state index contributed by atoms with van der Waals surface area (Å²) in [5.74, 6) is 0.500. The lowest BCUT2D eigenvalue weighted by molar-refractivity contribution is -0.113. The van der Waals surface area contributed by atoms with E-state index in [1.165, 1.54) is 11.8 Å². The number of thioether (sulfide) groups is 1. The zero-order chi connectivity index (χ0) is 16.1. The molecule has 1 N–H and O–H groups in total. The summed E-state index contributed by atoms with van der Waals surface area (Å²) in [6.45, 7) is 0. The molecule has 0 aliphatic carbocycles. The number of hydrogen-bond donors (Lipinski definition) is 1. The highest BCUT2D eigenvalue weighted by Gasteiger charge is 2.12. The molecule has 1 aromatic carbocycles. The lowest BCUT2D eigenvalue weighted by Crippen LogP contribution is -2.15. The molecule has 23 heavy (non-hydrogen) atoms. The number of tetrazole rings is 1. The Balaban J connectivity index is 1.64. The summed E-state index contributed by atoms with van der Waals surface area (Å²) in [6, 6.07) is 12.4. The van der Waals surface area contributed by atoms with E-state index in [0.29, 0.717) is 16.0 Å². The van der Waals surface area contributed by atoms with Crippen LogP contribution in [0.25, 0.3) is 5.69 Å². The average molecular weight is 347 g/mol. The summed E-state index contributed by atoms with van der Waals surface area (Å²) < 4.78 is 1.55. The highest BCUT2D eigenvalue weighted by atomic mass is 35.5. The van der Waals surface area contributed by atoms with Crippen LogP contribution in [0.4, 0.5) is 5.82 Å². The van der Waals surface area contributed by atoms with Crippen LogP contribution in [0, 0.1) is 0 Å². The van der Waals surface area contributed by atoms with Crippen molar-refractivity contribution < 1.29 is 4.79 Å². The molecule has 0 aliphatic heterocycles. The Morgan fingerprint density at radius 3 is 2.78 bits per heavy atom. The molecule has 0 fully saturated rings. The highest BCUT2D eigenvalue weighted by Crippen LogP contribution is 2.19. The number of aromatic nitrogens is 5. The number of amides is 1. The molecule has 3 rings (SSSR count). The van der Waals surface area contributed by atoms with Crippen molar-refractivity contribution in [1.82, 2.24) is 25.2 Å². The molecule has 0 unspecified atom stereocenters. The molecule has 116 valence electrons. The number of halogens is 1. The van der Waals surface area contributed by atoms with Gasteiger partial charge in [0.1, 0.15) is 5.82 Å². The number of nitrogens with zero attached hydrogens (tertiary/aromatic N) is 5. The van der Waals surface area contributed by atoms with E-state index in [2.05, 4.69) is 25.8 Å². The third-order valence-corrected chi connectivity index (χ3v) is 3.95. The topological polar surface area (TPSA) is 85.6 Å². The first-order chi connectivity index (χ1) is 11.2. The van der Waals surface area contributed by atoms with Crippen LogP contribution < -0.4 is 5.32 Å². The summed E-state index contributed by atoms with van der Waals surface area (Å²) in [7, 11) is 0. The molecule has 0 radical (unpaired) electrons. The summed E-state index contributed by atoms with van der Waals surface area (Å²) in [4.78, 5) is 16.0. The van der Waals surface area contributed by atoms with Gasteiger partial charge in [-0.25, -0.2) is 4.98 Å². The standard InChI is InChI=1S/C14H11ClN6OS/c15-10-4-6-11(7-5-10)21-14(18-19-20-21)23-9-13(22)17-12-3-1-2-8-16-12/h1-8H,9H2,(H,16,17,22). The molecule has 7 nitrogen and oxygen atoms in total. The van der Waals surface area contributed by atoms with Crippen LogP contribution in [0.15, 0.2) is 53.8 Å². The SMILES string of the molecule is O=C(CSc1nnnn1-c1ccc(Cl)cc1)Nc1ccccn1. The Hall–Kier alpha value is -2.45. The van der Waals surface area contributed by atoms with Crippen LogP contribution in [-0.4, -0.2) is 36.9 Å². The number of benzene rings is 1. The van der Waals surface area contributed by atoms with Crippen molar-refractivity contribution >= 4 is 35.1 Å². The van der Waals surface area contributed by atoms with E-state index in [1.807, 2.05) is 0 Å². The minimum atomic E-state index is -0.181. The first kappa shape index (κ1) is 15.4. The fourth-order valence-electron chi connectivity index (χ4n) is 1.76. The third-order valence-electron chi connectivity index (χ3n) is 2.78. The summed E-state index contributed by atoms with van der Waals surface area (Å²) in [5.41, 5.74) is 0.770. The van der Waals surface area contributed by atoms with Crippen molar-refractivity contribution in [3.05, 3.63) is 53.7 Å². The van der Waals surface area contributed by atoms with Gasteiger partial charge in [0.25, 0.3) is 0 Å². The first-order valence-corrected chi connectivity index (χ1v) is 7.97. The summed E-state index contributed by atoms with van der Waals surface area (Å²) in [5, 5.41) is 15.4. The van der Waals surface area contributed by atoms with Gasteiger partial charge in [-0.1, -0.05) is 29.4 Å². The molecule has 2 aromatic heterocycles. The third kappa shape index (κ3) is 4.05. The Morgan fingerprint density at radius 1 is 1.22 bits per heavy atom. The van der Waals surface area contributed by atoms with Gasteiger partial charge in [-0.15, -0.1) is 5.10 Å². The van der Waals surface area contributed by atoms with Crippen molar-refractivity contribution in [3.8, 4) is 5.69 Å². The van der Waals surface area contributed by atoms with E-state index in [4.69, 9.17) is 11.6 Å². The molecular weight excluding hydrogens is 336 g/mol. The minimum Gasteiger partial charge on any atom is -0.310 e. The molecular formula is C14H11ClN6OS. The largest absolute Gasteiger partial charge is 0.310 e. The van der Waals surface area contributed by atoms with Crippen LogP contribution in [0.2, 0.25) is 5.02 Å². The normalized spacial score (nSPS) is 10.5. The molecule has 1 amide bonds. The Labute approximate surface area is 141 Å². The number of rotatable bonds is 5. The Morgan fingerprint density at radius 2 is 2.04 bits per heavy atom. The number of anilines is 1. The van der Waals surface area contributed by atoms with Crippen LogP contribution >= 0.6 is 23.4 Å². The van der Waals surface area contributed by atoms with Crippen LogP contribution in [0.1, 0.15) is 0 Å². The molecule has 2 heterocycles. The monoisotopic (exact) mass is 346 g/mol. The molecule has 0 spiro atoms. The van der Waals surface area contributed by atoms with Gasteiger partial charge >= 0.3 is 0 Å². The predicted octanol–water partition coefficient (Wildman–Crippen LogP) is 2.44. The van der Waals surface area contributed by atoms with Crippen molar-refractivity contribution in [2.24, 2.45) is 0 Å². The number of pyridine rings is 1. The zero-order valence-corrected chi connectivity index (χ0v) is 13.3. The molecule has 0 atom stereocenters. The smallest absolute Gasteiger partial charge is 0.236 e. The minimum absolute atomic E-state index is 0.171. The second-order valence-corrected chi connectivity index (χ2v) is 5.78. The quantitative estimate of drug-likeness (QED) is 0.714. The second-order valence-electron chi connectivity index (χ2n) is 4.40. The average Bonchev–Trinajstić information content (AvgIpc) is 3.03. The Bertz CT molecular complexity index is 793. The lowest BCUT2D eigenvalue weighted by Gasteiger charge is -2.05. The van der Waals surface area contributed by atoms with Gasteiger partial charge in [0.05, 0.1) is 11.4 Å². The van der Waals surface area contributed by atoms with Gasteiger partial charge in [0.2, 0.25) is 11.1 Å². The van der Waals surface area contributed by atoms with Gasteiger partial charge in [0.15, 0.2) is 0 Å². The zero-order valence-electron chi connectivity index (χ0n) is 11.8. The van der Waals surface area contributed by atoms with Gasteiger partial charge in [-0.2, -0.15) is 4.68 Å². The molecule has 0 saturated heterocycles. The van der Waals surface area contributed by atoms with E-state index in [1.54, 1.807) is 53.3 Å². The maximum Gasteiger partial charge on any atom is 0.236 e. The Kier molecular flexibility index (Phi) is 4.84. The van der Waals surface area contributed by atoms with Crippen molar-refractivity contribution in [3.63, 3.8) is 0 Å². The van der Waals surface area contributed by atoms with Gasteiger partial charge in [-0.05, 0) is 46.8 Å². The lowest BCUT2D eigenvalue weighted by atomic mass is 10.3. The summed E-state index contributed by atoms with van der Waals surface area (Å²) >= 11 is 7.10. The van der Waals surface area contributed by atoms with Crippen molar-refractivity contribution in [1.29, 1.82) is 0 Å². The first-order valence-electron chi connectivity index (χ1n) is 6.60. The predicted molar refractivity (Wildman–Crippen MR) is 87.8 cm³/mol. The number of carbonyl (C=O) groups excluding carboxylic acids is 1. The second kappa shape index (κ2) is 7.21. The van der Waals surface area contributed by atoms with Crippen LogP contribution in [0.3, 0.4) is 0 Å². The molecule has 3 aromatic rings. The van der Waals surface area contributed by atoms with Gasteiger partial charge in [-0.3, -0.25) is 4.79 Å². The number of hydrogen-bond acceptors (Lipinski definition) is 6. The van der Waals surface area contributed by atoms with E-state index in [0.717, 1.165) is 5.69 Å². The maximum atomic E-state index is 11.9. The van der Waals surface area contributed by atoms with Crippen LogP contribution in [-0.2, 0) is 4.79 Å². The fourth-order valence-corrected chi connectivity index (χ4v) is 2.58. The highest BCUT2D eigenvalue weighted by molar-refractivity contribution is 7.99. The summed E-state index contributed by atoms with van der Waals surface area (Å²) in [6.07, 6.45) is 1.61. The van der Waals surface area contributed by atoms with Crippen LogP contribution in [0.5, 0.6) is 0 Å². The molecule has 0 bridgehead atoms. The molecule has 9 heteroatoms. The molecule has 0 saturated carbocycles. The molecule has 0 aliphatic rings. The van der Waals surface area contributed by atoms with Crippen molar-refractivity contribution in [2.45, 2.75) is 5.16 Å². The fraction of sp³-hybridized carbons (Fsp3) is 0.0714. The maximum absolute atomic E-state index is 11.9. The van der Waals surface area contributed by atoms with Gasteiger partial charge in [0, 0.05) is 11.2 Å². The van der Waals surface area contributed by atoms with E-state index in [9.17, 15) is 4.79 Å².